The lowest BCUT2D eigenvalue weighted by Gasteiger charge is -2.21. The van der Waals surface area contributed by atoms with Crippen LogP contribution < -0.4 is 14.8 Å². The summed E-state index contributed by atoms with van der Waals surface area (Å²) in [6.07, 6.45) is 2.26. The Hall–Kier alpha value is -1.32. The van der Waals surface area contributed by atoms with E-state index in [0.29, 0.717) is 31.2 Å². The highest BCUT2D eigenvalue weighted by Gasteiger charge is 2.47. The lowest BCUT2D eigenvalue weighted by Crippen LogP contribution is -2.38. The minimum absolute atomic E-state index is 0.0181. The largest absolute Gasteiger partial charge is 0.432 e. The Kier molecular flexibility index (Phi) is 6.81. The van der Waals surface area contributed by atoms with E-state index in [1.54, 1.807) is 0 Å². The molecule has 27 heavy (non-hydrogen) atoms. The summed E-state index contributed by atoms with van der Waals surface area (Å²) < 4.78 is 70.0. The normalized spacial score (nSPS) is 16.6. The van der Waals surface area contributed by atoms with Crippen molar-refractivity contribution in [3.8, 4) is 5.75 Å². The number of benzene rings is 1. The third kappa shape index (κ3) is 6.97. The van der Waals surface area contributed by atoms with Crippen molar-refractivity contribution in [3.05, 3.63) is 29.6 Å². The first-order valence-corrected chi connectivity index (χ1v) is 10.6. The Morgan fingerprint density at radius 3 is 2.44 bits per heavy atom. The molecule has 9 heteroatoms. The maximum atomic E-state index is 13.6. The van der Waals surface area contributed by atoms with Gasteiger partial charge in [-0.3, -0.25) is 0 Å². The molecule has 2 N–H and O–H groups in total. The molecule has 0 atom stereocenters. The number of hydrogen-bond donors (Lipinski definition) is 2. The van der Waals surface area contributed by atoms with Gasteiger partial charge in [0.1, 0.15) is 0 Å². The lowest BCUT2D eigenvalue weighted by atomic mass is 10.1. The average Bonchev–Trinajstić information content (AvgIpc) is 3.27. The predicted octanol–water partition coefficient (Wildman–Crippen LogP) is 3.50. The van der Waals surface area contributed by atoms with E-state index < -0.39 is 33.7 Å². The van der Waals surface area contributed by atoms with Crippen molar-refractivity contribution < 1.29 is 26.3 Å². The molecule has 0 bridgehead atoms. The second-order valence-corrected chi connectivity index (χ2v) is 9.75. The van der Waals surface area contributed by atoms with Crippen molar-refractivity contribution in [1.29, 1.82) is 0 Å². The Balaban J connectivity index is 1.95. The highest BCUT2D eigenvalue weighted by molar-refractivity contribution is 7.89. The van der Waals surface area contributed by atoms with Gasteiger partial charge in [-0.05, 0) is 70.7 Å². The zero-order valence-electron chi connectivity index (χ0n) is 15.8. The SMILES string of the molecule is CC(C)(C)NCCCCS(=O)(=O)NC1(c2ccc(F)c(OC(F)F)c2)CC1. The van der Waals surface area contributed by atoms with Crippen LogP contribution in [0.4, 0.5) is 13.2 Å². The molecule has 0 heterocycles. The number of unbranched alkanes of at least 4 members (excludes halogenated alkanes) is 1. The van der Waals surface area contributed by atoms with Crippen LogP contribution in [0.25, 0.3) is 0 Å². The fourth-order valence-electron chi connectivity index (χ4n) is 2.79. The third-order valence-electron chi connectivity index (χ3n) is 4.30. The average molecular weight is 408 g/mol. The van der Waals surface area contributed by atoms with Gasteiger partial charge in [-0.25, -0.2) is 17.5 Å². The van der Waals surface area contributed by atoms with Gasteiger partial charge in [0.25, 0.3) is 0 Å². The van der Waals surface area contributed by atoms with Gasteiger partial charge >= 0.3 is 6.61 Å². The van der Waals surface area contributed by atoms with Crippen LogP contribution in [-0.4, -0.2) is 32.9 Å². The topological polar surface area (TPSA) is 67.4 Å². The maximum Gasteiger partial charge on any atom is 0.387 e. The van der Waals surface area contributed by atoms with E-state index in [0.717, 1.165) is 18.7 Å². The monoisotopic (exact) mass is 408 g/mol. The molecule has 5 nitrogen and oxygen atoms in total. The van der Waals surface area contributed by atoms with Gasteiger partial charge in [-0.15, -0.1) is 0 Å². The standard InChI is InChI=1S/C18H27F3N2O3S/c1-17(2,3)22-10-4-5-11-27(24,25)23-18(8-9-18)13-6-7-14(19)15(12-13)26-16(20)21/h6-7,12,16,22-23H,4-5,8-11H2,1-3H3. The van der Waals surface area contributed by atoms with Crippen LogP contribution in [0, 0.1) is 5.82 Å². The Bertz CT molecular complexity index is 745. The van der Waals surface area contributed by atoms with E-state index in [9.17, 15) is 21.6 Å². The van der Waals surface area contributed by atoms with E-state index in [4.69, 9.17) is 0 Å². The first-order valence-electron chi connectivity index (χ1n) is 8.94. The van der Waals surface area contributed by atoms with Crippen LogP contribution in [0.2, 0.25) is 0 Å². The molecule has 0 aromatic heterocycles. The Morgan fingerprint density at radius 2 is 1.89 bits per heavy atom. The molecule has 0 unspecified atom stereocenters. The van der Waals surface area contributed by atoms with Gasteiger partial charge in [0, 0.05) is 5.54 Å². The molecule has 0 amide bonds. The molecule has 2 rings (SSSR count). The van der Waals surface area contributed by atoms with Crippen LogP contribution in [0.1, 0.15) is 52.0 Å². The number of halogens is 3. The van der Waals surface area contributed by atoms with Gasteiger partial charge in [0.15, 0.2) is 11.6 Å². The summed E-state index contributed by atoms with van der Waals surface area (Å²) in [5, 5.41) is 3.30. The highest BCUT2D eigenvalue weighted by atomic mass is 32.2. The number of sulfonamides is 1. The van der Waals surface area contributed by atoms with E-state index in [2.05, 4.69) is 14.8 Å². The summed E-state index contributed by atoms with van der Waals surface area (Å²) in [7, 11) is -3.55. The zero-order chi connectivity index (χ0) is 20.3. The first-order chi connectivity index (χ1) is 12.4. The maximum absolute atomic E-state index is 13.6. The molecule has 1 aliphatic rings. The predicted molar refractivity (Wildman–Crippen MR) is 97.9 cm³/mol. The molecule has 1 aromatic carbocycles. The molecule has 1 aliphatic carbocycles. The van der Waals surface area contributed by atoms with Crippen LogP contribution in [0.15, 0.2) is 18.2 Å². The fourth-order valence-corrected chi connectivity index (χ4v) is 4.39. The molecule has 1 aromatic rings. The summed E-state index contributed by atoms with van der Waals surface area (Å²) in [4.78, 5) is 0. The molecule has 1 saturated carbocycles. The fraction of sp³-hybridized carbons (Fsp3) is 0.667. The van der Waals surface area contributed by atoms with Crippen molar-refractivity contribution >= 4 is 10.0 Å². The van der Waals surface area contributed by atoms with E-state index in [1.807, 2.05) is 20.8 Å². The van der Waals surface area contributed by atoms with Crippen molar-refractivity contribution in [2.24, 2.45) is 0 Å². The van der Waals surface area contributed by atoms with Crippen LogP contribution >= 0.6 is 0 Å². The molecule has 1 fully saturated rings. The van der Waals surface area contributed by atoms with Gasteiger partial charge in [0.05, 0.1) is 11.3 Å². The number of ether oxygens (including phenoxy) is 1. The number of alkyl halides is 2. The van der Waals surface area contributed by atoms with Crippen LogP contribution in [-0.2, 0) is 15.6 Å². The summed E-state index contributed by atoms with van der Waals surface area (Å²) in [6, 6.07) is 3.56. The summed E-state index contributed by atoms with van der Waals surface area (Å²) in [5.41, 5.74) is -0.454. The van der Waals surface area contributed by atoms with E-state index >= 15 is 0 Å². The number of nitrogens with one attached hydrogen (secondary N) is 2. The summed E-state index contributed by atoms with van der Waals surface area (Å²) in [6.45, 7) is 3.68. The quantitative estimate of drug-likeness (QED) is 0.582. The molecule has 0 aliphatic heterocycles. The smallest absolute Gasteiger partial charge is 0.387 e. The first kappa shape index (κ1) is 22.0. The van der Waals surface area contributed by atoms with Crippen LogP contribution in [0.3, 0.4) is 0 Å². The van der Waals surface area contributed by atoms with Gasteiger partial charge in [-0.1, -0.05) is 6.07 Å². The van der Waals surface area contributed by atoms with Crippen LogP contribution in [0.5, 0.6) is 5.75 Å². The van der Waals surface area contributed by atoms with Crippen molar-refractivity contribution in [1.82, 2.24) is 10.0 Å². The third-order valence-corrected chi connectivity index (χ3v) is 5.82. The minimum Gasteiger partial charge on any atom is -0.432 e. The highest BCUT2D eigenvalue weighted by Crippen LogP contribution is 2.47. The molecule has 0 spiro atoms. The lowest BCUT2D eigenvalue weighted by molar-refractivity contribution is -0.0522. The molecule has 154 valence electrons. The van der Waals surface area contributed by atoms with Gasteiger partial charge in [-0.2, -0.15) is 8.78 Å². The van der Waals surface area contributed by atoms with E-state index in [1.165, 1.54) is 6.07 Å². The van der Waals surface area contributed by atoms with Gasteiger partial charge < -0.3 is 10.1 Å². The van der Waals surface area contributed by atoms with E-state index in [-0.39, 0.29) is 11.3 Å². The summed E-state index contributed by atoms with van der Waals surface area (Å²) in [5.74, 6) is -1.52. The molecular weight excluding hydrogens is 381 g/mol. The second-order valence-electron chi connectivity index (χ2n) is 7.91. The molecule has 0 saturated heterocycles. The van der Waals surface area contributed by atoms with Crippen molar-refractivity contribution in [2.75, 3.05) is 12.3 Å². The molecule has 0 radical (unpaired) electrons. The molecular formula is C18H27F3N2O3S. The number of hydrogen-bond acceptors (Lipinski definition) is 4. The number of rotatable bonds is 10. The second kappa shape index (κ2) is 8.36. The Morgan fingerprint density at radius 1 is 1.22 bits per heavy atom. The van der Waals surface area contributed by atoms with Crippen molar-refractivity contribution in [2.45, 2.75) is 64.1 Å². The van der Waals surface area contributed by atoms with Gasteiger partial charge in [0.2, 0.25) is 10.0 Å². The van der Waals surface area contributed by atoms with Crippen molar-refractivity contribution in [3.63, 3.8) is 0 Å². The zero-order valence-corrected chi connectivity index (χ0v) is 16.6. The summed E-state index contributed by atoms with van der Waals surface area (Å²) >= 11 is 0. The minimum atomic E-state index is -3.55. The Labute approximate surface area is 158 Å².